The summed E-state index contributed by atoms with van der Waals surface area (Å²) >= 11 is 0. The van der Waals surface area contributed by atoms with Crippen LogP contribution in [0.1, 0.15) is 11.1 Å². The summed E-state index contributed by atoms with van der Waals surface area (Å²) in [5, 5.41) is 4.89. The lowest BCUT2D eigenvalue weighted by atomic mass is 10.1. The van der Waals surface area contributed by atoms with Gasteiger partial charge in [0.05, 0.1) is 20.8 Å². The van der Waals surface area contributed by atoms with Gasteiger partial charge in [-0.25, -0.2) is 9.67 Å². The lowest BCUT2D eigenvalue weighted by Gasteiger charge is -2.09. The van der Waals surface area contributed by atoms with Crippen LogP contribution in [0, 0.1) is 0 Å². The molecule has 1 heterocycles. The molecule has 0 aliphatic rings. The third-order valence-corrected chi connectivity index (χ3v) is 5.17. The molecule has 3 aromatic carbocycles. The van der Waals surface area contributed by atoms with Crippen molar-refractivity contribution in [3.8, 4) is 34.3 Å². The van der Waals surface area contributed by atoms with Crippen LogP contribution in [-0.2, 0) is 13.1 Å². The second kappa shape index (κ2) is 9.66. The van der Waals surface area contributed by atoms with Gasteiger partial charge in [0.25, 0.3) is 0 Å². The zero-order chi connectivity index (χ0) is 22.5. The van der Waals surface area contributed by atoms with E-state index in [1.165, 1.54) is 5.56 Å². The van der Waals surface area contributed by atoms with Crippen LogP contribution in [0.25, 0.3) is 22.8 Å². The van der Waals surface area contributed by atoms with Gasteiger partial charge in [0.1, 0.15) is 11.5 Å². The largest absolute Gasteiger partial charge is 0.497 e. The zero-order valence-corrected chi connectivity index (χ0v) is 18.9. The maximum atomic E-state index is 5.39. The van der Waals surface area contributed by atoms with E-state index in [9.17, 15) is 0 Å². The number of benzene rings is 3. The van der Waals surface area contributed by atoms with E-state index >= 15 is 0 Å². The molecule has 0 aliphatic carbocycles. The van der Waals surface area contributed by atoms with Crippen molar-refractivity contribution in [1.29, 1.82) is 0 Å². The van der Waals surface area contributed by atoms with Gasteiger partial charge in [0.2, 0.25) is 0 Å². The summed E-state index contributed by atoms with van der Waals surface area (Å²) in [6.45, 7) is 1.45. The van der Waals surface area contributed by atoms with Crippen molar-refractivity contribution in [3.63, 3.8) is 0 Å². The molecule has 0 radical (unpaired) electrons. The predicted octanol–water partition coefficient (Wildman–Crippen LogP) is 4.74. The number of hydrogen-bond acceptors (Lipinski definition) is 5. The van der Waals surface area contributed by atoms with Gasteiger partial charge in [-0.1, -0.05) is 30.3 Å². The van der Waals surface area contributed by atoms with Gasteiger partial charge >= 0.3 is 0 Å². The first-order valence-corrected chi connectivity index (χ1v) is 10.5. The highest BCUT2D eigenvalue weighted by atomic mass is 16.5. The quantitative estimate of drug-likeness (QED) is 0.406. The van der Waals surface area contributed by atoms with E-state index in [2.05, 4.69) is 49.3 Å². The third-order valence-electron chi connectivity index (χ3n) is 5.17. The highest BCUT2D eigenvalue weighted by molar-refractivity contribution is 5.63. The number of nitrogens with zero attached hydrogens (tertiary/aromatic N) is 4. The molecule has 0 saturated heterocycles. The SMILES string of the molecule is COc1ccc(-c2nc(-c3cccc(CN(C)C)c3)nn2Cc2cccc(OC)c2)cc1. The van der Waals surface area contributed by atoms with Crippen molar-refractivity contribution in [2.24, 2.45) is 0 Å². The van der Waals surface area contributed by atoms with E-state index in [0.29, 0.717) is 12.4 Å². The Morgan fingerprint density at radius 2 is 1.50 bits per heavy atom. The molecule has 0 saturated carbocycles. The summed E-state index contributed by atoms with van der Waals surface area (Å²) in [5.41, 5.74) is 4.31. The Morgan fingerprint density at radius 3 is 2.22 bits per heavy atom. The van der Waals surface area contributed by atoms with E-state index < -0.39 is 0 Å². The first-order chi connectivity index (χ1) is 15.6. The third kappa shape index (κ3) is 4.98. The monoisotopic (exact) mass is 428 g/mol. The molecule has 0 amide bonds. The van der Waals surface area contributed by atoms with E-state index in [0.717, 1.165) is 40.6 Å². The molecule has 0 bridgehead atoms. The number of aromatic nitrogens is 3. The minimum atomic E-state index is 0.586. The van der Waals surface area contributed by atoms with Crippen LogP contribution in [0.2, 0.25) is 0 Å². The van der Waals surface area contributed by atoms with Gasteiger partial charge in [-0.05, 0) is 67.7 Å². The molecule has 1 aromatic heterocycles. The van der Waals surface area contributed by atoms with Crippen molar-refractivity contribution >= 4 is 0 Å². The van der Waals surface area contributed by atoms with E-state index in [1.807, 2.05) is 47.1 Å². The van der Waals surface area contributed by atoms with Crippen LogP contribution >= 0.6 is 0 Å². The Hall–Kier alpha value is -3.64. The molecular formula is C26H28N4O2. The van der Waals surface area contributed by atoms with E-state index in [-0.39, 0.29) is 0 Å². The Labute approximate surface area is 189 Å². The number of ether oxygens (including phenoxy) is 2. The minimum Gasteiger partial charge on any atom is -0.497 e. The fourth-order valence-electron chi connectivity index (χ4n) is 3.65. The molecule has 164 valence electrons. The number of rotatable bonds is 8. The smallest absolute Gasteiger partial charge is 0.181 e. The molecule has 32 heavy (non-hydrogen) atoms. The Balaban J connectivity index is 1.75. The maximum Gasteiger partial charge on any atom is 0.181 e. The highest BCUT2D eigenvalue weighted by Gasteiger charge is 2.15. The fraction of sp³-hybridized carbons (Fsp3) is 0.231. The summed E-state index contributed by atoms with van der Waals surface area (Å²) in [5.74, 6) is 3.15. The molecule has 0 N–H and O–H groups in total. The standard InChI is InChI=1S/C26H28N4O2/c1-29(2)17-19-7-5-9-22(15-19)25-27-26(21-11-13-23(31-3)14-12-21)30(28-25)18-20-8-6-10-24(16-20)32-4/h5-16H,17-18H2,1-4H3. The van der Waals surface area contributed by atoms with Crippen molar-refractivity contribution in [1.82, 2.24) is 19.7 Å². The molecule has 4 aromatic rings. The molecule has 0 fully saturated rings. The number of hydrogen-bond donors (Lipinski definition) is 0. The summed E-state index contributed by atoms with van der Waals surface area (Å²) in [7, 11) is 7.47. The lowest BCUT2D eigenvalue weighted by molar-refractivity contribution is 0.402. The molecule has 0 unspecified atom stereocenters. The van der Waals surface area contributed by atoms with Crippen LogP contribution in [0.3, 0.4) is 0 Å². The topological polar surface area (TPSA) is 52.4 Å². The summed E-state index contributed by atoms with van der Waals surface area (Å²) in [4.78, 5) is 7.08. The van der Waals surface area contributed by atoms with Crippen molar-refractivity contribution < 1.29 is 9.47 Å². The molecule has 6 nitrogen and oxygen atoms in total. The van der Waals surface area contributed by atoms with Crippen LogP contribution in [0.15, 0.2) is 72.8 Å². The van der Waals surface area contributed by atoms with Crippen molar-refractivity contribution in [2.45, 2.75) is 13.1 Å². The molecular weight excluding hydrogens is 400 g/mol. The molecule has 0 spiro atoms. The van der Waals surface area contributed by atoms with Gasteiger partial charge in [-0.3, -0.25) is 0 Å². The van der Waals surface area contributed by atoms with Crippen molar-refractivity contribution in [2.75, 3.05) is 28.3 Å². The summed E-state index contributed by atoms with van der Waals surface area (Å²) < 4.78 is 12.7. The first-order valence-electron chi connectivity index (χ1n) is 10.5. The lowest BCUT2D eigenvalue weighted by Crippen LogP contribution is -2.10. The van der Waals surface area contributed by atoms with Crippen LogP contribution in [0.4, 0.5) is 0 Å². The van der Waals surface area contributed by atoms with Gasteiger partial charge < -0.3 is 14.4 Å². The second-order valence-electron chi connectivity index (χ2n) is 7.93. The van der Waals surface area contributed by atoms with Gasteiger partial charge in [0, 0.05) is 17.7 Å². The van der Waals surface area contributed by atoms with Crippen LogP contribution < -0.4 is 9.47 Å². The Kier molecular flexibility index (Phi) is 6.52. The van der Waals surface area contributed by atoms with Crippen LogP contribution in [0.5, 0.6) is 11.5 Å². The maximum absolute atomic E-state index is 5.39. The van der Waals surface area contributed by atoms with Gasteiger partial charge in [-0.2, -0.15) is 5.10 Å². The molecule has 0 atom stereocenters. The molecule has 0 aliphatic heterocycles. The van der Waals surface area contributed by atoms with Gasteiger partial charge in [0.15, 0.2) is 11.6 Å². The number of methoxy groups -OCH3 is 2. The van der Waals surface area contributed by atoms with E-state index in [1.54, 1.807) is 14.2 Å². The molecule has 4 rings (SSSR count). The minimum absolute atomic E-state index is 0.586. The normalized spacial score (nSPS) is 11.0. The summed E-state index contributed by atoms with van der Waals surface area (Å²) in [6.07, 6.45) is 0. The zero-order valence-electron chi connectivity index (χ0n) is 18.9. The average Bonchev–Trinajstić information content (AvgIpc) is 3.22. The predicted molar refractivity (Wildman–Crippen MR) is 127 cm³/mol. The van der Waals surface area contributed by atoms with Gasteiger partial charge in [-0.15, -0.1) is 0 Å². The average molecular weight is 429 g/mol. The molecule has 6 heteroatoms. The van der Waals surface area contributed by atoms with Crippen molar-refractivity contribution in [3.05, 3.63) is 83.9 Å². The first kappa shape index (κ1) is 21.6. The fourth-order valence-corrected chi connectivity index (χ4v) is 3.65. The Morgan fingerprint density at radius 1 is 0.781 bits per heavy atom. The van der Waals surface area contributed by atoms with E-state index in [4.69, 9.17) is 19.6 Å². The highest BCUT2D eigenvalue weighted by Crippen LogP contribution is 2.26. The van der Waals surface area contributed by atoms with Crippen LogP contribution in [-0.4, -0.2) is 48.0 Å². The Bertz CT molecular complexity index is 1180. The second-order valence-corrected chi connectivity index (χ2v) is 7.93. The summed E-state index contributed by atoms with van der Waals surface area (Å²) in [6, 6.07) is 24.3.